The van der Waals surface area contributed by atoms with Gasteiger partial charge in [0.1, 0.15) is 11.5 Å². The Morgan fingerprint density at radius 1 is 1.00 bits per heavy atom. The molecule has 0 fully saturated rings. The zero-order valence-corrected chi connectivity index (χ0v) is 12.5. The monoisotopic (exact) mass is 302 g/mol. The first-order valence-electron chi connectivity index (χ1n) is 6.61. The van der Waals surface area contributed by atoms with E-state index < -0.39 is 5.91 Å². The van der Waals surface area contributed by atoms with Crippen LogP contribution in [-0.4, -0.2) is 20.1 Å². The van der Waals surface area contributed by atoms with E-state index in [2.05, 4.69) is 0 Å². The fourth-order valence-corrected chi connectivity index (χ4v) is 1.99. The topological polar surface area (TPSA) is 96.8 Å². The molecule has 22 heavy (non-hydrogen) atoms. The van der Waals surface area contributed by atoms with Crippen molar-refractivity contribution in [2.24, 2.45) is 11.5 Å². The minimum atomic E-state index is -0.538. The van der Waals surface area contributed by atoms with E-state index in [9.17, 15) is 4.79 Å². The normalized spacial score (nSPS) is 10.1. The molecule has 0 heterocycles. The number of hydrogen-bond acceptors (Lipinski definition) is 5. The average Bonchev–Trinajstić information content (AvgIpc) is 2.54. The van der Waals surface area contributed by atoms with Crippen LogP contribution in [0, 0.1) is 0 Å². The van der Waals surface area contributed by atoms with E-state index in [0.29, 0.717) is 35.1 Å². The van der Waals surface area contributed by atoms with Crippen molar-refractivity contribution in [3.8, 4) is 23.0 Å². The summed E-state index contributed by atoms with van der Waals surface area (Å²) in [6, 6.07) is 10.0. The molecule has 0 spiro atoms. The minimum absolute atomic E-state index is 0.335. The molecule has 0 saturated heterocycles. The maximum Gasteiger partial charge on any atom is 0.248 e. The van der Waals surface area contributed by atoms with Crippen molar-refractivity contribution in [2.75, 3.05) is 14.2 Å². The van der Waals surface area contributed by atoms with E-state index in [1.54, 1.807) is 31.4 Å². The molecular weight excluding hydrogens is 284 g/mol. The molecule has 0 radical (unpaired) electrons. The molecule has 0 aliphatic carbocycles. The van der Waals surface area contributed by atoms with Gasteiger partial charge in [0.25, 0.3) is 0 Å². The highest BCUT2D eigenvalue weighted by Crippen LogP contribution is 2.34. The average molecular weight is 302 g/mol. The highest BCUT2D eigenvalue weighted by atomic mass is 16.5. The molecule has 2 aromatic rings. The van der Waals surface area contributed by atoms with Gasteiger partial charge in [-0.3, -0.25) is 4.79 Å². The quantitative estimate of drug-likeness (QED) is 0.851. The Kier molecular flexibility index (Phi) is 4.85. The summed E-state index contributed by atoms with van der Waals surface area (Å²) in [5.74, 6) is 1.51. The second-order valence-corrected chi connectivity index (χ2v) is 4.51. The summed E-state index contributed by atoms with van der Waals surface area (Å²) in [7, 11) is 3.08. The molecule has 6 heteroatoms. The maximum absolute atomic E-state index is 11.3. The zero-order valence-electron chi connectivity index (χ0n) is 12.5. The Bertz CT molecular complexity index is 686. The number of ether oxygens (including phenoxy) is 3. The molecule has 0 saturated carbocycles. The van der Waals surface area contributed by atoms with Crippen LogP contribution >= 0.6 is 0 Å². The number of methoxy groups -OCH3 is 2. The van der Waals surface area contributed by atoms with E-state index in [4.69, 9.17) is 25.7 Å². The second-order valence-electron chi connectivity index (χ2n) is 4.51. The molecular formula is C16H18N2O4. The first-order valence-corrected chi connectivity index (χ1v) is 6.61. The van der Waals surface area contributed by atoms with Gasteiger partial charge in [0.15, 0.2) is 11.5 Å². The predicted molar refractivity (Wildman–Crippen MR) is 82.5 cm³/mol. The first kappa shape index (κ1) is 15.7. The number of carbonyl (C=O) groups excluding carboxylic acids is 1. The summed E-state index contributed by atoms with van der Waals surface area (Å²) in [6.07, 6.45) is 0. The van der Waals surface area contributed by atoms with Crippen molar-refractivity contribution in [1.29, 1.82) is 0 Å². The lowest BCUT2D eigenvalue weighted by molar-refractivity contribution is 0.1000. The van der Waals surface area contributed by atoms with Gasteiger partial charge in [-0.05, 0) is 24.3 Å². The molecule has 2 aromatic carbocycles. The van der Waals surface area contributed by atoms with Crippen molar-refractivity contribution in [3.05, 3.63) is 47.5 Å². The number of hydrogen-bond donors (Lipinski definition) is 2. The number of nitrogens with two attached hydrogens (primary N) is 2. The SMILES string of the molecule is COc1cc(Oc2cc(C(N)=O)ccc2OC)ccc1CN. The Hall–Kier alpha value is -2.73. The van der Waals surface area contributed by atoms with Crippen LogP contribution in [0.1, 0.15) is 15.9 Å². The summed E-state index contributed by atoms with van der Waals surface area (Å²) >= 11 is 0. The lowest BCUT2D eigenvalue weighted by atomic mass is 10.2. The van der Waals surface area contributed by atoms with Crippen LogP contribution in [0.15, 0.2) is 36.4 Å². The van der Waals surface area contributed by atoms with Gasteiger partial charge in [-0.1, -0.05) is 6.07 Å². The summed E-state index contributed by atoms with van der Waals surface area (Å²) < 4.78 is 16.3. The van der Waals surface area contributed by atoms with Crippen LogP contribution in [0.3, 0.4) is 0 Å². The second kappa shape index (κ2) is 6.82. The largest absolute Gasteiger partial charge is 0.496 e. The number of amides is 1. The highest BCUT2D eigenvalue weighted by Gasteiger charge is 2.11. The van der Waals surface area contributed by atoms with E-state index in [1.807, 2.05) is 6.07 Å². The molecule has 0 aromatic heterocycles. The van der Waals surface area contributed by atoms with Crippen molar-refractivity contribution in [3.63, 3.8) is 0 Å². The van der Waals surface area contributed by atoms with E-state index in [0.717, 1.165) is 5.56 Å². The van der Waals surface area contributed by atoms with Crippen molar-refractivity contribution in [2.45, 2.75) is 6.54 Å². The molecule has 0 aliphatic rings. The Morgan fingerprint density at radius 2 is 1.73 bits per heavy atom. The van der Waals surface area contributed by atoms with E-state index in [-0.39, 0.29) is 0 Å². The standard InChI is InChI=1S/C16H18N2O4/c1-20-13-6-4-10(16(18)19)7-15(13)22-12-5-3-11(9-17)14(8-12)21-2/h3-8H,9,17H2,1-2H3,(H2,18,19). The summed E-state index contributed by atoms with van der Waals surface area (Å²) in [6.45, 7) is 0.365. The highest BCUT2D eigenvalue weighted by molar-refractivity contribution is 5.93. The molecule has 2 rings (SSSR count). The van der Waals surface area contributed by atoms with Gasteiger partial charge in [-0.15, -0.1) is 0 Å². The molecule has 1 amide bonds. The van der Waals surface area contributed by atoms with Gasteiger partial charge in [0.05, 0.1) is 14.2 Å². The van der Waals surface area contributed by atoms with Crippen LogP contribution in [-0.2, 0) is 6.54 Å². The van der Waals surface area contributed by atoms with Crippen molar-refractivity contribution in [1.82, 2.24) is 0 Å². The Labute approximate surface area is 128 Å². The predicted octanol–water partition coefficient (Wildman–Crippen LogP) is 2.05. The van der Waals surface area contributed by atoms with Crippen molar-refractivity contribution < 1.29 is 19.0 Å². The molecule has 0 atom stereocenters. The minimum Gasteiger partial charge on any atom is -0.496 e. The lowest BCUT2D eigenvalue weighted by Gasteiger charge is -2.13. The van der Waals surface area contributed by atoms with Crippen LogP contribution < -0.4 is 25.7 Å². The van der Waals surface area contributed by atoms with E-state index in [1.165, 1.54) is 13.2 Å². The molecule has 0 bridgehead atoms. The molecule has 0 aliphatic heterocycles. The third-order valence-corrected chi connectivity index (χ3v) is 3.15. The third kappa shape index (κ3) is 3.29. The number of primary amides is 1. The summed E-state index contributed by atoms with van der Waals surface area (Å²) in [5, 5.41) is 0. The fraction of sp³-hybridized carbons (Fsp3) is 0.188. The van der Waals surface area contributed by atoms with Gasteiger partial charge in [-0.2, -0.15) is 0 Å². The molecule has 0 unspecified atom stereocenters. The summed E-state index contributed by atoms with van der Waals surface area (Å²) in [5.41, 5.74) is 12.1. The molecule has 116 valence electrons. The van der Waals surface area contributed by atoms with Gasteiger partial charge in [0.2, 0.25) is 5.91 Å². The van der Waals surface area contributed by atoms with E-state index >= 15 is 0 Å². The maximum atomic E-state index is 11.3. The number of rotatable bonds is 6. The van der Waals surface area contributed by atoms with Crippen LogP contribution in [0.5, 0.6) is 23.0 Å². The smallest absolute Gasteiger partial charge is 0.248 e. The molecule has 4 N–H and O–H groups in total. The van der Waals surface area contributed by atoms with Gasteiger partial charge in [-0.25, -0.2) is 0 Å². The van der Waals surface area contributed by atoms with Gasteiger partial charge < -0.3 is 25.7 Å². The van der Waals surface area contributed by atoms with Crippen molar-refractivity contribution >= 4 is 5.91 Å². The lowest BCUT2D eigenvalue weighted by Crippen LogP contribution is -2.10. The van der Waals surface area contributed by atoms with Crippen LogP contribution in [0.4, 0.5) is 0 Å². The number of benzene rings is 2. The van der Waals surface area contributed by atoms with Gasteiger partial charge in [0, 0.05) is 23.7 Å². The Balaban J connectivity index is 2.37. The zero-order chi connectivity index (χ0) is 16.1. The summed E-state index contributed by atoms with van der Waals surface area (Å²) in [4.78, 5) is 11.3. The Morgan fingerprint density at radius 3 is 2.32 bits per heavy atom. The van der Waals surface area contributed by atoms with Crippen LogP contribution in [0.25, 0.3) is 0 Å². The number of carbonyl (C=O) groups is 1. The molecule has 6 nitrogen and oxygen atoms in total. The fourth-order valence-electron chi connectivity index (χ4n) is 1.99. The first-order chi connectivity index (χ1) is 10.6. The van der Waals surface area contributed by atoms with Gasteiger partial charge >= 0.3 is 0 Å². The third-order valence-electron chi connectivity index (χ3n) is 3.15. The van der Waals surface area contributed by atoms with Crippen LogP contribution in [0.2, 0.25) is 0 Å².